The molecule has 1 aromatic heterocycles. The molecule has 0 radical (unpaired) electrons. The number of methoxy groups -OCH3 is 1. The van der Waals surface area contributed by atoms with Crippen LogP contribution in [0.1, 0.15) is 68.2 Å². The average Bonchev–Trinajstić information content (AvgIpc) is 3.67. The van der Waals surface area contributed by atoms with E-state index in [1.165, 1.54) is 13.3 Å². The zero-order valence-electron chi connectivity index (χ0n) is 21.6. The van der Waals surface area contributed by atoms with E-state index in [1.54, 1.807) is 12.1 Å². The summed E-state index contributed by atoms with van der Waals surface area (Å²) >= 11 is 8.07. The van der Waals surface area contributed by atoms with Crippen LogP contribution in [0.2, 0.25) is 5.02 Å². The first-order valence-corrected chi connectivity index (χ1v) is 13.8. The lowest BCUT2D eigenvalue weighted by Gasteiger charge is -2.48. The van der Waals surface area contributed by atoms with Crippen LogP contribution >= 0.6 is 23.4 Å². The van der Waals surface area contributed by atoms with Gasteiger partial charge in [0, 0.05) is 39.9 Å². The summed E-state index contributed by atoms with van der Waals surface area (Å²) in [6.45, 7) is 8.90. The van der Waals surface area contributed by atoms with Gasteiger partial charge in [0.15, 0.2) is 0 Å². The Labute approximate surface area is 223 Å². The predicted octanol–water partition coefficient (Wildman–Crippen LogP) is 5.73. The van der Waals surface area contributed by atoms with Crippen LogP contribution in [-0.2, 0) is 20.7 Å². The van der Waals surface area contributed by atoms with Crippen LogP contribution in [0.3, 0.4) is 0 Å². The highest BCUT2D eigenvalue weighted by Gasteiger charge is 2.51. The Bertz CT molecular complexity index is 1080. The number of carbonyl (C=O) groups is 2. The topological polar surface area (TPSA) is 68.7 Å². The Morgan fingerprint density at radius 1 is 1.25 bits per heavy atom. The summed E-state index contributed by atoms with van der Waals surface area (Å²) in [6.07, 6.45) is 4.08. The molecule has 36 heavy (non-hydrogen) atoms. The average molecular weight is 531 g/mol. The number of amides is 1. The molecular formula is C28H35ClN2O4S. The van der Waals surface area contributed by atoms with E-state index in [0.717, 1.165) is 24.2 Å². The van der Waals surface area contributed by atoms with Crippen LogP contribution in [0.5, 0.6) is 0 Å². The van der Waals surface area contributed by atoms with Gasteiger partial charge < -0.3 is 14.4 Å². The number of halogens is 1. The highest BCUT2D eigenvalue weighted by molar-refractivity contribution is 8.00. The maximum atomic E-state index is 14.3. The fourth-order valence-electron chi connectivity index (χ4n) is 4.64. The van der Waals surface area contributed by atoms with Crippen molar-refractivity contribution in [3.8, 4) is 0 Å². The summed E-state index contributed by atoms with van der Waals surface area (Å²) in [4.78, 5) is 32.6. The first-order valence-electron chi connectivity index (χ1n) is 12.4. The highest BCUT2D eigenvalue weighted by atomic mass is 35.5. The van der Waals surface area contributed by atoms with Crippen molar-refractivity contribution < 1.29 is 19.1 Å². The van der Waals surface area contributed by atoms with Gasteiger partial charge in [0.1, 0.15) is 5.60 Å². The number of thioether (sulfide) groups is 1. The van der Waals surface area contributed by atoms with Crippen molar-refractivity contribution in [2.75, 3.05) is 19.5 Å². The smallest absolute Gasteiger partial charge is 0.339 e. The van der Waals surface area contributed by atoms with Gasteiger partial charge in [0.05, 0.1) is 25.3 Å². The third kappa shape index (κ3) is 6.24. The second-order valence-electron chi connectivity index (χ2n) is 10.9. The van der Waals surface area contributed by atoms with Gasteiger partial charge in [0.25, 0.3) is 5.91 Å². The minimum atomic E-state index is -1.05. The van der Waals surface area contributed by atoms with E-state index in [1.807, 2.05) is 43.0 Å². The number of ether oxygens (including phenoxy) is 2. The predicted molar refractivity (Wildman–Crippen MR) is 143 cm³/mol. The molecule has 2 aromatic rings. The molecule has 1 aliphatic heterocycles. The number of carbonyl (C=O) groups excluding carboxylic acids is 2. The van der Waals surface area contributed by atoms with Crippen molar-refractivity contribution in [3.05, 3.63) is 64.4 Å². The quantitative estimate of drug-likeness (QED) is 0.406. The van der Waals surface area contributed by atoms with Crippen molar-refractivity contribution >= 4 is 35.2 Å². The summed E-state index contributed by atoms with van der Waals surface area (Å²) in [7, 11) is 1.34. The van der Waals surface area contributed by atoms with E-state index >= 15 is 0 Å². The molecule has 194 valence electrons. The molecule has 1 saturated heterocycles. The number of aromatic nitrogens is 1. The fraction of sp³-hybridized carbons (Fsp3) is 0.536. The summed E-state index contributed by atoms with van der Waals surface area (Å²) in [5, 5.41) is 0.668. The highest BCUT2D eigenvalue weighted by Crippen LogP contribution is 2.45. The van der Waals surface area contributed by atoms with Crippen LogP contribution in [0, 0.1) is 5.92 Å². The third-order valence-electron chi connectivity index (χ3n) is 6.81. The van der Waals surface area contributed by atoms with Gasteiger partial charge >= 0.3 is 5.97 Å². The maximum Gasteiger partial charge on any atom is 0.339 e. The van der Waals surface area contributed by atoms with E-state index < -0.39 is 11.6 Å². The van der Waals surface area contributed by atoms with Gasteiger partial charge in [-0.05, 0) is 55.5 Å². The van der Waals surface area contributed by atoms with Crippen molar-refractivity contribution in [2.45, 2.75) is 69.4 Å². The second-order valence-corrected chi connectivity index (χ2v) is 13.1. The van der Waals surface area contributed by atoms with Crippen LogP contribution < -0.4 is 0 Å². The molecule has 0 bridgehead atoms. The molecule has 3 atom stereocenters. The lowest BCUT2D eigenvalue weighted by atomic mass is 9.90. The molecule has 1 saturated carbocycles. The van der Waals surface area contributed by atoms with Crippen molar-refractivity contribution in [2.24, 2.45) is 5.92 Å². The molecule has 2 aliphatic rings. The standard InChI is InChI=1S/C28H35ClN2O4S/c1-27(2,3)36-17-24(19-6-7-19)31-23(18-8-11-21(29)12-9-18)16-35-28(4,26(31)33)14-22-13-10-20(15-30-22)25(32)34-5/h8-13,15,19,23-24H,6-7,14,16-17H2,1-5H3/t23-,24?,28+/m0/s1. The lowest BCUT2D eigenvalue weighted by Crippen LogP contribution is -2.61. The van der Waals surface area contributed by atoms with Crippen LogP contribution in [0.4, 0.5) is 0 Å². The van der Waals surface area contributed by atoms with E-state index in [2.05, 4.69) is 30.7 Å². The molecule has 1 aromatic carbocycles. The molecule has 1 amide bonds. The fourth-order valence-corrected chi connectivity index (χ4v) is 5.87. The van der Waals surface area contributed by atoms with Gasteiger partial charge in [-0.25, -0.2) is 4.79 Å². The summed E-state index contributed by atoms with van der Waals surface area (Å²) in [5.74, 6) is 0.926. The lowest BCUT2D eigenvalue weighted by molar-refractivity contribution is -0.182. The molecule has 4 rings (SSSR count). The van der Waals surface area contributed by atoms with Crippen LogP contribution in [0.25, 0.3) is 0 Å². The van der Waals surface area contributed by atoms with E-state index in [4.69, 9.17) is 21.1 Å². The molecule has 6 nitrogen and oxygen atoms in total. The molecule has 2 fully saturated rings. The first-order chi connectivity index (χ1) is 17.0. The number of morpholine rings is 1. The first kappa shape index (κ1) is 27.0. The molecule has 1 aliphatic carbocycles. The van der Waals surface area contributed by atoms with Crippen molar-refractivity contribution in [3.63, 3.8) is 0 Å². The zero-order valence-corrected chi connectivity index (χ0v) is 23.2. The Morgan fingerprint density at radius 3 is 2.50 bits per heavy atom. The molecule has 8 heteroatoms. The van der Waals surface area contributed by atoms with Gasteiger partial charge in [-0.3, -0.25) is 9.78 Å². The summed E-state index contributed by atoms with van der Waals surface area (Å²) < 4.78 is 11.2. The minimum Gasteiger partial charge on any atom is -0.465 e. The largest absolute Gasteiger partial charge is 0.465 e. The normalized spacial score (nSPS) is 23.4. The number of hydrogen-bond acceptors (Lipinski definition) is 6. The minimum absolute atomic E-state index is 0.0149. The number of rotatable bonds is 8. The monoisotopic (exact) mass is 530 g/mol. The number of nitrogens with zero attached hydrogens (tertiary/aromatic N) is 2. The number of benzene rings is 1. The Kier molecular flexibility index (Phi) is 8.03. The van der Waals surface area contributed by atoms with Crippen LogP contribution in [0.15, 0.2) is 42.6 Å². The Morgan fingerprint density at radius 2 is 1.94 bits per heavy atom. The summed E-state index contributed by atoms with van der Waals surface area (Å²) in [5.41, 5.74) is 1.04. The summed E-state index contributed by atoms with van der Waals surface area (Å²) in [6, 6.07) is 11.1. The van der Waals surface area contributed by atoms with Crippen molar-refractivity contribution in [1.82, 2.24) is 9.88 Å². The van der Waals surface area contributed by atoms with E-state index in [0.29, 0.717) is 35.2 Å². The van der Waals surface area contributed by atoms with E-state index in [-0.39, 0.29) is 22.7 Å². The van der Waals surface area contributed by atoms with Crippen molar-refractivity contribution in [1.29, 1.82) is 0 Å². The van der Waals surface area contributed by atoms with Gasteiger partial charge in [-0.2, -0.15) is 11.8 Å². The van der Waals surface area contributed by atoms with E-state index in [9.17, 15) is 9.59 Å². The SMILES string of the molecule is COC(=O)c1ccc(C[C@@]2(C)OC[C@@H](c3ccc(Cl)cc3)N(C(CSC(C)(C)C)C3CC3)C2=O)nc1. The van der Waals surface area contributed by atoms with Crippen LogP contribution in [-0.4, -0.2) is 57.6 Å². The molecule has 2 heterocycles. The Hall–Kier alpha value is -2.09. The van der Waals surface area contributed by atoms with Gasteiger partial charge in [-0.1, -0.05) is 44.5 Å². The molecular weight excluding hydrogens is 496 g/mol. The van der Waals surface area contributed by atoms with Gasteiger partial charge in [0.2, 0.25) is 0 Å². The second kappa shape index (κ2) is 10.7. The zero-order chi connectivity index (χ0) is 26.1. The van der Waals surface area contributed by atoms with Gasteiger partial charge in [-0.15, -0.1) is 0 Å². The number of hydrogen-bond donors (Lipinski definition) is 0. The molecule has 0 N–H and O–H groups in total. The number of pyridine rings is 1. The third-order valence-corrected chi connectivity index (χ3v) is 8.44. The maximum absolute atomic E-state index is 14.3. The molecule has 0 spiro atoms. The molecule has 1 unspecified atom stereocenters. The Balaban J connectivity index is 1.64. The number of esters is 1.